The van der Waals surface area contributed by atoms with Gasteiger partial charge in [0, 0.05) is 17.6 Å². The summed E-state index contributed by atoms with van der Waals surface area (Å²) in [5.41, 5.74) is 0.982. The van der Waals surface area contributed by atoms with E-state index in [-0.39, 0.29) is 30.9 Å². The first-order valence-corrected chi connectivity index (χ1v) is 8.46. The van der Waals surface area contributed by atoms with Gasteiger partial charge < -0.3 is 20.0 Å². The van der Waals surface area contributed by atoms with Crippen LogP contribution >= 0.6 is 11.6 Å². The van der Waals surface area contributed by atoms with E-state index >= 15 is 0 Å². The highest BCUT2D eigenvalue weighted by atomic mass is 35.5. The number of nitrogens with zero attached hydrogens (tertiary/aromatic N) is 1. The number of quaternary nitrogens is 1. The van der Waals surface area contributed by atoms with E-state index in [1.165, 1.54) is 4.90 Å². The number of nitrogens with two attached hydrogens (primary N) is 1. The molecule has 0 saturated heterocycles. The highest BCUT2D eigenvalue weighted by Gasteiger charge is 2.18. The summed E-state index contributed by atoms with van der Waals surface area (Å²) in [6.45, 7) is 2.55. The molecule has 3 N–H and O–H groups in total. The van der Waals surface area contributed by atoms with Crippen LogP contribution in [-0.4, -0.2) is 36.9 Å². The third kappa shape index (κ3) is 5.92. The molecule has 6 nitrogen and oxygen atoms in total. The van der Waals surface area contributed by atoms with Crippen LogP contribution in [-0.2, 0) is 16.1 Å². The first-order chi connectivity index (χ1) is 12.0. The van der Waals surface area contributed by atoms with Gasteiger partial charge in [-0.3, -0.25) is 9.59 Å². The summed E-state index contributed by atoms with van der Waals surface area (Å²) >= 11 is 6.17. The lowest BCUT2D eigenvalue weighted by molar-refractivity contribution is -0.683. The minimum absolute atomic E-state index is 0.00779. The second-order valence-electron chi connectivity index (χ2n) is 5.86. The average Bonchev–Trinajstić information content (AvgIpc) is 3.11. The zero-order chi connectivity index (χ0) is 18.2. The molecule has 1 atom stereocenters. The zero-order valence-electron chi connectivity index (χ0n) is 14.4. The van der Waals surface area contributed by atoms with Gasteiger partial charge in [0.25, 0.3) is 5.91 Å². The third-order valence-corrected chi connectivity index (χ3v) is 4.23. The number of rotatable bonds is 8. The van der Waals surface area contributed by atoms with Gasteiger partial charge in [0.1, 0.15) is 11.8 Å². The first-order valence-electron chi connectivity index (χ1n) is 8.08. The fourth-order valence-corrected chi connectivity index (χ4v) is 2.67. The van der Waals surface area contributed by atoms with Crippen LogP contribution in [0, 0.1) is 0 Å². The van der Waals surface area contributed by atoms with Gasteiger partial charge in [0.05, 0.1) is 19.4 Å². The van der Waals surface area contributed by atoms with Gasteiger partial charge in [-0.1, -0.05) is 29.8 Å². The fourth-order valence-electron chi connectivity index (χ4n) is 2.36. The highest BCUT2D eigenvalue weighted by Crippen LogP contribution is 2.19. The average molecular weight is 365 g/mol. The number of carbonyl (C=O) groups is 2. The number of nitrogens with one attached hydrogen (secondary N) is 1. The third-order valence-electron chi connectivity index (χ3n) is 3.89. The second-order valence-corrected chi connectivity index (χ2v) is 6.26. The van der Waals surface area contributed by atoms with Gasteiger partial charge in [0.2, 0.25) is 5.91 Å². The van der Waals surface area contributed by atoms with E-state index < -0.39 is 0 Å². The van der Waals surface area contributed by atoms with E-state index in [2.05, 4.69) is 5.32 Å². The molecule has 0 fully saturated rings. The van der Waals surface area contributed by atoms with E-state index in [9.17, 15) is 9.59 Å². The highest BCUT2D eigenvalue weighted by molar-refractivity contribution is 6.31. The van der Waals surface area contributed by atoms with Crippen molar-refractivity contribution in [1.82, 2.24) is 10.2 Å². The number of carbonyl (C=O) groups excluding carboxylic acids is 2. The molecule has 2 aromatic rings. The lowest BCUT2D eigenvalue weighted by Crippen LogP contribution is -2.87. The molecule has 1 aromatic carbocycles. The molecule has 1 heterocycles. The summed E-state index contributed by atoms with van der Waals surface area (Å²) in [6.07, 6.45) is 1.55. The van der Waals surface area contributed by atoms with Crippen molar-refractivity contribution in [3.05, 3.63) is 59.0 Å². The van der Waals surface area contributed by atoms with Gasteiger partial charge in [-0.05, 0) is 25.1 Å². The van der Waals surface area contributed by atoms with E-state index in [0.29, 0.717) is 17.3 Å². The Balaban J connectivity index is 1.74. The van der Waals surface area contributed by atoms with Crippen molar-refractivity contribution in [2.24, 2.45) is 0 Å². The number of benzene rings is 1. The Morgan fingerprint density at radius 1 is 1.28 bits per heavy atom. The number of hydrogen-bond donors (Lipinski definition) is 2. The van der Waals surface area contributed by atoms with Gasteiger partial charge >= 0.3 is 0 Å². The van der Waals surface area contributed by atoms with E-state index in [0.717, 1.165) is 5.56 Å². The molecule has 0 aliphatic rings. The van der Waals surface area contributed by atoms with Crippen molar-refractivity contribution in [3.8, 4) is 0 Å². The van der Waals surface area contributed by atoms with Crippen molar-refractivity contribution in [2.75, 3.05) is 20.1 Å². The maximum absolute atomic E-state index is 12.2. The smallest absolute Gasteiger partial charge is 0.277 e. The molecule has 0 saturated carbocycles. The van der Waals surface area contributed by atoms with E-state index in [1.54, 1.807) is 25.4 Å². The number of likely N-dealkylation sites (N-methyl/N-ethyl adjacent to an activating group) is 1. The molecule has 0 radical (unpaired) electrons. The van der Waals surface area contributed by atoms with Crippen molar-refractivity contribution in [2.45, 2.75) is 19.5 Å². The normalized spacial score (nSPS) is 11.8. The van der Waals surface area contributed by atoms with Crippen molar-refractivity contribution < 1.29 is 19.3 Å². The molecular weight excluding hydrogens is 342 g/mol. The molecule has 25 heavy (non-hydrogen) atoms. The van der Waals surface area contributed by atoms with Crippen LogP contribution in [0.25, 0.3) is 0 Å². The Morgan fingerprint density at radius 2 is 2.04 bits per heavy atom. The van der Waals surface area contributed by atoms with E-state index in [4.69, 9.17) is 16.0 Å². The lowest BCUT2D eigenvalue weighted by Gasteiger charge is -2.18. The summed E-state index contributed by atoms with van der Waals surface area (Å²) in [5, 5.41) is 5.30. The Bertz CT molecular complexity index is 703. The van der Waals surface area contributed by atoms with Gasteiger partial charge in [0.15, 0.2) is 6.54 Å². The van der Waals surface area contributed by atoms with E-state index in [1.807, 2.05) is 36.5 Å². The first kappa shape index (κ1) is 19.0. The summed E-state index contributed by atoms with van der Waals surface area (Å²) in [4.78, 5) is 25.5. The summed E-state index contributed by atoms with van der Waals surface area (Å²) in [5.74, 6) is 0.322. The molecule has 0 aliphatic heterocycles. The number of hydrogen-bond acceptors (Lipinski definition) is 3. The Kier molecular flexibility index (Phi) is 7.03. The van der Waals surface area contributed by atoms with Crippen LogP contribution in [0.4, 0.5) is 0 Å². The molecule has 1 aromatic heterocycles. The Morgan fingerprint density at radius 3 is 2.72 bits per heavy atom. The van der Waals surface area contributed by atoms with Crippen LogP contribution in [0.15, 0.2) is 47.1 Å². The number of furan rings is 1. The van der Waals surface area contributed by atoms with Crippen LogP contribution in [0.5, 0.6) is 0 Å². The number of halogens is 1. The molecule has 2 rings (SSSR count). The summed E-state index contributed by atoms with van der Waals surface area (Å²) in [6, 6.07) is 11.2. The van der Waals surface area contributed by atoms with Crippen LogP contribution < -0.4 is 10.6 Å². The predicted molar refractivity (Wildman–Crippen MR) is 94.9 cm³/mol. The molecule has 0 spiro atoms. The monoisotopic (exact) mass is 364 g/mol. The fraction of sp³-hybridized carbons (Fsp3) is 0.333. The van der Waals surface area contributed by atoms with Gasteiger partial charge in [-0.2, -0.15) is 0 Å². The second kappa shape index (κ2) is 9.25. The SMILES string of the molecule is C[C@H]([NH2+]CC(=O)N(C)CC(=O)NCc1ccco1)c1ccccc1Cl. The van der Waals surface area contributed by atoms with Gasteiger partial charge in [-0.15, -0.1) is 0 Å². The predicted octanol–water partition coefficient (Wildman–Crippen LogP) is 1.33. The number of amides is 2. The topological polar surface area (TPSA) is 79.2 Å². The maximum Gasteiger partial charge on any atom is 0.277 e. The Hall–Kier alpha value is -2.31. The van der Waals surface area contributed by atoms with Crippen molar-refractivity contribution in [3.63, 3.8) is 0 Å². The minimum Gasteiger partial charge on any atom is -0.467 e. The van der Waals surface area contributed by atoms with Crippen molar-refractivity contribution >= 4 is 23.4 Å². The van der Waals surface area contributed by atoms with Crippen molar-refractivity contribution in [1.29, 1.82) is 0 Å². The molecule has 0 aliphatic carbocycles. The largest absolute Gasteiger partial charge is 0.467 e. The Labute approximate surface area is 152 Å². The van der Waals surface area contributed by atoms with Gasteiger partial charge in [-0.25, -0.2) is 0 Å². The molecule has 2 amide bonds. The molecule has 134 valence electrons. The van der Waals surface area contributed by atoms with Crippen LogP contribution in [0.1, 0.15) is 24.3 Å². The maximum atomic E-state index is 12.2. The summed E-state index contributed by atoms with van der Waals surface area (Å²) in [7, 11) is 1.61. The molecule has 7 heteroatoms. The summed E-state index contributed by atoms with van der Waals surface area (Å²) < 4.78 is 5.14. The minimum atomic E-state index is -0.230. The van der Waals surface area contributed by atoms with Crippen LogP contribution in [0.2, 0.25) is 5.02 Å². The lowest BCUT2D eigenvalue weighted by atomic mass is 10.1. The molecular formula is C18H23ClN3O3+. The standard InChI is InChI=1S/C18H22ClN3O3/c1-13(15-7-3-4-8-16(15)19)20-11-18(24)22(2)12-17(23)21-10-14-6-5-9-25-14/h3-9,13,20H,10-12H2,1-2H3,(H,21,23)/p+1/t13-/m0/s1. The molecule has 0 unspecified atom stereocenters. The quantitative estimate of drug-likeness (QED) is 0.741. The van der Waals surface area contributed by atoms with Crippen LogP contribution in [0.3, 0.4) is 0 Å². The molecule has 0 bridgehead atoms. The zero-order valence-corrected chi connectivity index (χ0v) is 15.1.